The molecule has 0 aromatic carbocycles. The molecule has 0 aromatic heterocycles. The van der Waals surface area contributed by atoms with E-state index >= 15 is 0 Å². The van der Waals surface area contributed by atoms with Gasteiger partial charge in [0, 0.05) is 12.1 Å². The van der Waals surface area contributed by atoms with E-state index in [1.165, 1.54) is 96.4 Å². The van der Waals surface area contributed by atoms with Gasteiger partial charge in [-0.05, 0) is 63.5 Å². The maximum absolute atomic E-state index is 6.09. The highest BCUT2D eigenvalue weighted by molar-refractivity contribution is 4.91. The average Bonchev–Trinajstić information content (AvgIpc) is 2.52. The second-order valence-corrected chi connectivity index (χ2v) is 8.13. The molecule has 3 rings (SSSR count). The van der Waals surface area contributed by atoms with Crippen LogP contribution in [0.4, 0.5) is 0 Å². The highest BCUT2D eigenvalue weighted by atomic mass is 15.2. The molecule has 0 amide bonds. The molecule has 3 aliphatic rings. The third kappa shape index (κ3) is 3.82. The second-order valence-electron chi connectivity index (χ2n) is 8.13. The minimum absolute atomic E-state index is 0.529. The number of nitrogens with zero attached hydrogens (tertiary/aromatic N) is 1. The molecule has 0 aromatic rings. The average molecular weight is 293 g/mol. The zero-order chi connectivity index (χ0) is 14.5. The van der Waals surface area contributed by atoms with Gasteiger partial charge in [0.2, 0.25) is 0 Å². The van der Waals surface area contributed by atoms with Gasteiger partial charge >= 0.3 is 0 Å². The lowest BCUT2D eigenvalue weighted by molar-refractivity contribution is 0.0435. The molecule has 0 saturated heterocycles. The van der Waals surface area contributed by atoms with Gasteiger partial charge in [0.1, 0.15) is 0 Å². The maximum Gasteiger partial charge on any atom is 0.00981 e. The van der Waals surface area contributed by atoms with E-state index in [4.69, 9.17) is 5.73 Å². The predicted molar refractivity (Wildman–Crippen MR) is 90.4 cm³/mol. The summed E-state index contributed by atoms with van der Waals surface area (Å²) >= 11 is 0. The minimum Gasteiger partial charge on any atom is -0.330 e. The monoisotopic (exact) mass is 292 g/mol. The summed E-state index contributed by atoms with van der Waals surface area (Å²) in [6.45, 7) is 2.27. The van der Waals surface area contributed by atoms with Crippen LogP contribution < -0.4 is 5.73 Å². The van der Waals surface area contributed by atoms with Gasteiger partial charge in [0.15, 0.2) is 0 Å². The first-order chi connectivity index (χ1) is 10.3. The Kier molecular flexibility index (Phi) is 5.61. The van der Waals surface area contributed by atoms with E-state index in [9.17, 15) is 0 Å². The summed E-state index contributed by atoms with van der Waals surface area (Å²) in [4.78, 5) is 2.97. The molecule has 0 bridgehead atoms. The Bertz CT molecular complexity index is 275. The smallest absolute Gasteiger partial charge is 0.00981 e. The van der Waals surface area contributed by atoms with E-state index in [0.29, 0.717) is 5.41 Å². The SMILES string of the molecule is NCC1(CCN(C2CCCCC2)C2CCCCC2)CCC1. The highest BCUT2D eigenvalue weighted by Crippen LogP contribution is 2.43. The predicted octanol–water partition coefficient (Wildman–Crippen LogP) is 4.47. The third-order valence-corrected chi connectivity index (χ3v) is 6.83. The molecule has 2 nitrogen and oxygen atoms in total. The van der Waals surface area contributed by atoms with Crippen LogP contribution in [-0.4, -0.2) is 30.1 Å². The molecule has 2 heteroatoms. The Balaban J connectivity index is 1.60. The van der Waals surface area contributed by atoms with Crippen molar-refractivity contribution in [3.8, 4) is 0 Å². The number of hydrogen-bond donors (Lipinski definition) is 1. The van der Waals surface area contributed by atoms with E-state index in [1.807, 2.05) is 0 Å². The molecule has 3 fully saturated rings. The van der Waals surface area contributed by atoms with Crippen molar-refractivity contribution >= 4 is 0 Å². The zero-order valence-corrected chi connectivity index (χ0v) is 14.0. The van der Waals surface area contributed by atoms with Crippen molar-refractivity contribution in [2.45, 2.75) is 102 Å². The summed E-state index contributed by atoms with van der Waals surface area (Å²) in [6, 6.07) is 1.80. The molecule has 0 heterocycles. The van der Waals surface area contributed by atoms with Gasteiger partial charge < -0.3 is 5.73 Å². The van der Waals surface area contributed by atoms with E-state index < -0.39 is 0 Å². The Morgan fingerprint density at radius 3 is 1.67 bits per heavy atom. The quantitative estimate of drug-likeness (QED) is 0.782. The first kappa shape index (κ1) is 15.8. The first-order valence-electron chi connectivity index (χ1n) is 9.79. The fourth-order valence-electron chi connectivity index (χ4n) is 5.09. The van der Waals surface area contributed by atoms with E-state index in [0.717, 1.165) is 18.6 Å². The lowest BCUT2D eigenvalue weighted by Gasteiger charge is -2.46. The van der Waals surface area contributed by atoms with Crippen molar-refractivity contribution < 1.29 is 0 Å². The lowest BCUT2D eigenvalue weighted by atomic mass is 9.66. The van der Waals surface area contributed by atoms with Gasteiger partial charge in [0.05, 0.1) is 0 Å². The largest absolute Gasteiger partial charge is 0.330 e. The third-order valence-electron chi connectivity index (χ3n) is 6.83. The molecular weight excluding hydrogens is 256 g/mol. The number of hydrogen-bond acceptors (Lipinski definition) is 2. The molecule has 3 aliphatic carbocycles. The normalized spacial score (nSPS) is 27.7. The fraction of sp³-hybridized carbons (Fsp3) is 1.00. The second kappa shape index (κ2) is 7.46. The van der Waals surface area contributed by atoms with Gasteiger partial charge in [-0.3, -0.25) is 4.90 Å². The molecule has 2 N–H and O–H groups in total. The van der Waals surface area contributed by atoms with Crippen LogP contribution in [0.1, 0.15) is 89.9 Å². The van der Waals surface area contributed by atoms with Crippen molar-refractivity contribution in [2.24, 2.45) is 11.1 Å². The topological polar surface area (TPSA) is 29.3 Å². The Morgan fingerprint density at radius 1 is 0.762 bits per heavy atom. The number of rotatable bonds is 6. The molecule has 0 atom stereocenters. The summed E-state index contributed by atoms with van der Waals surface area (Å²) in [6.07, 6.45) is 20.3. The minimum atomic E-state index is 0.529. The fourth-order valence-corrected chi connectivity index (χ4v) is 5.09. The Labute approximate surface area is 131 Å². The molecular formula is C19H36N2. The van der Waals surface area contributed by atoms with Gasteiger partial charge in [-0.2, -0.15) is 0 Å². The van der Waals surface area contributed by atoms with Gasteiger partial charge in [-0.1, -0.05) is 44.9 Å². The van der Waals surface area contributed by atoms with Gasteiger partial charge in [-0.25, -0.2) is 0 Å². The maximum atomic E-state index is 6.09. The summed E-state index contributed by atoms with van der Waals surface area (Å²) in [7, 11) is 0. The van der Waals surface area contributed by atoms with Crippen LogP contribution in [0.25, 0.3) is 0 Å². The van der Waals surface area contributed by atoms with Crippen molar-refractivity contribution in [1.82, 2.24) is 4.90 Å². The standard InChI is InChI=1S/C19H36N2/c20-16-19(12-7-13-19)14-15-21(17-8-3-1-4-9-17)18-10-5-2-6-11-18/h17-18H,1-16,20H2. The van der Waals surface area contributed by atoms with Crippen molar-refractivity contribution in [1.29, 1.82) is 0 Å². The van der Waals surface area contributed by atoms with Crippen LogP contribution >= 0.6 is 0 Å². The van der Waals surface area contributed by atoms with Crippen LogP contribution in [0.5, 0.6) is 0 Å². The van der Waals surface area contributed by atoms with Crippen molar-refractivity contribution in [3.05, 3.63) is 0 Å². The lowest BCUT2D eigenvalue weighted by Crippen LogP contribution is -2.48. The molecule has 0 radical (unpaired) electrons. The molecule has 0 unspecified atom stereocenters. The van der Waals surface area contributed by atoms with Crippen LogP contribution in [0.15, 0.2) is 0 Å². The summed E-state index contributed by atoms with van der Waals surface area (Å²) < 4.78 is 0. The van der Waals surface area contributed by atoms with Gasteiger partial charge in [0.25, 0.3) is 0 Å². The molecule has 21 heavy (non-hydrogen) atoms. The van der Waals surface area contributed by atoms with Crippen LogP contribution in [-0.2, 0) is 0 Å². The van der Waals surface area contributed by atoms with Gasteiger partial charge in [-0.15, -0.1) is 0 Å². The van der Waals surface area contributed by atoms with Crippen molar-refractivity contribution in [3.63, 3.8) is 0 Å². The van der Waals surface area contributed by atoms with E-state index in [1.54, 1.807) is 0 Å². The van der Waals surface area contributed by atoms with Crippen LogP contribution in [0, 0.1) is 5.41 Å². The summed E-state index contributed by atoms with van der Waals surface area (Å²) in [5, 5.41) is 0. The summed E-state index contributed by atoms with van der Waals surface area (Å²) in [5.74, 6) is 0. The highest BCUT2D eigenvalue weighted by Gasteiger charge is 2.37. The van der Waals surface area contributed by atoms with Crippen molar-refractivity contribution in [2.75, 3.05) is 13.1 Å². The zero-order valence-electron chi connectivity index (χ0n) is 14.0. The summed E-state index contributed by atoms with van der Waals surface area (Å²) in [5.41, 5.74) is 6.62. The molecule has 122 valence electrons. The first-order valence-corrected chi connectivity index (χ1v) is 9.79. The van der Waals surface area contributed by atoms with E-state index in [-0.39, 0.29) is 0 Å². The van der Waals surface area contributed by atoms with Crippen LogP contribution in [0.2, 0.25) is 0 Å². The van der Waals surface area contributed by atoms with Crippen LogP contribution in [0.3, 0.4) is 0 Å². The Hall–Kier alpha value is -0.0800. The van der Waals surface area contributed by atoms with E-state index in [2.05, 4.69) is 4.90 Å². The number of nitrogens with two attached hydrogens (primary N) is 1. The Morgan fingerprint density at radius 2 is 1.29 bits per heavy atom. The molecule has 3 saturated carbocycles. The molecule has 0 aliphatic heterocycles. The molecule has 0 spiro atoms.